The molecular weight excluding hydrogens is 906 g/mol. The SMILES string of the molecule is CCOC(=O)C1=C(c2ccccc2)N=c2s/c(=C\c3cc(I)cc(I)c3OCc3ccc(Br)cc3)c(=O)n2[C@H]1c1ccc(OC)cc1. The molecule has 11 heteroatoms. The maximum atomic E-state index is 14.4. The first-order valence-corrected chi connectivity index (χ1v) is 18.3. The summed E-state index contributed by atoms with van der Waals surface area (Å²) in [6, 6.07) is 28.1. The molecule has 5 aromatic rings. The highest BCUT2D eigenvalue weighted by atomic mass is 127. The predicted octanol–water partition coefficient (Wildman–Crippen LogP) is 7.49. The van der Waals surface area contributed by atoms with E-state index >= 15 is 0 Å². The summed E-state index contributed by atoms with van der Waals surface area (Å²) < 4.78 is 22.3. The van der Waals surface area contributed by atoms with Crippen molar-refractivity contribution in [2.45, 2.75) is 19.6 Å². The zero-order valence-electron chi connectivity index (χ0n) is 25.2. The molecule has 0 saturated heterocycles. The summed E-state index contributed by atoms with van der Waals surface area (Å²) in [5.41, 5.74) is 3.78. The van der Waals surface area contributed by atoms with Gasteiger partial charge < -0.3 is 14.2 Å². The molecular formula is C36H27BrI2N2O5S. The third kappa shape index (κ3) is 7.27. The van der Waals surface area contributed by atoms with Crippen LogP contribution in [0.4, 0.5) is 0 Å². The normalized spacial score (nSPS) is 14.4. The van der Waals surface area contributed by atoms with Gasteiger partial charge in [-0.25, -0.2) is 9.79 Å². The second-order valence-corrected chi connectivity index (χ2v) is 14.8. The van der Waals surface area contributed by atoms with E-state index in [2.05, 4.69) is 61.1 Å². The van der Waals surface area contributed by atoms with E-state index < -0.39 is 12.0 Å². The zero-order chi connectivity index (χ0) is 33.1. The molecule has 6 rings (SSSR count). The van der Waals surface area contributed by atoms with Gasteiger partial charge in [-0.05, 0) is 106 Å². The molecule has 0 N–H and O–H groups in total. The van der Waals surface area contributed by atoms with Crippen LogP contribution in [0.15, 0.2) is 111 Å². The average molecular weight is 933 g/mol. The van der Waals surface area contributed by atoms with Crippen molar-refractivity contribution in [2.75, 3.05) is 13.7 Å². The second-order valence-electron chi connectivity index (χ2n) is 10.4. The molecule has 1 aliphatic heterocycles. The van der Waals surface area contributed by atoms with Crippen LogP contribution >= 0.6 is 72.4 Å². The van der Waals surface area contributed by atoms with Gasteiger partial charge in [0.05, 0.1) is 39.1 Å². The Labute approximate surface area is 311 Å². The van der Waals surface area contributed by atoms with Crippen LogP contribution in [0.5, 0.6) is 11.5 Å². The summed E-state index contributed by atoms with van der Waals surface area (Å²) in [6.07, 6.45) is 1.85. The molecule has 0 saturated carbocycles. The van der Waals surface area contributed by atoms with Crippen LogP contribution in [0.2, 0.25) is 0 Å². The second kappa shape index (κ2) is 14.9. The molecule has 1 atom stereocenters. The van der Waals surface area contributed by atoms with Crippen molar-refractivity contribution < 1.29 is 19.0 Å². The van der Waals surface area contributed by atoms with Crippen LogP contribution in [0.1, 0.15) is 35.2 Å². The molecule has 238 valence electrons. The standard InChI is InChI=1S/C36H27BrI2N2O5S/c1-3-45-35(43)30-31(22-7-5-4-6-8-22)40-36-41(32(30)23-11-15-27(44-2)16-12-23)34(42)29(47-36)18-24-17-26(38)19-28(39)33(24)46-20-21-9-13-25(37)14-10-21/h4-19,32H,3,20H2,1-2H3/b29-18-/t32-/m0/s1. The van der Waals surface area contributed by atoms with Crippen LogP contribution in [-0.2, 0) is 16.1 Å². The van der Waals surface area contributed by atoms with Gasteiger partial charge in [0.1, 0.15) is 18.1 Å². The lowest BCUT2D eigenvalue weighted by molar-refractivity contribution is -0.138. The number of esters is 1. The lowest BCUT2D eigenvalue weighted by Crippen LogP contribution is -2.40. The molecule has 0 spiro atoms. The molecule has 0 unspecified atom stereocenters. The highest BCUT2D eigenvalue weighted by molar-refractivity contribution is 14.1. The monoisotopic (exact) mass is 932 g/mol. The number of carbonyl (C=O) groups is 1. The summed E-state index contributed by atoms with van der Waals surface area (Å²) in [5, 5.41) is 0. The smallest absolute Gasteiger partial charge is 0.338 e. The maximum absolute atomic E-state index is 14.4. The predicted molar refractivity (Wildman–Crippen MR) is 204 cm³/mol. The van der Waals surface area contributed by atoms with Gasteiger partial charge in [0, 0.05) is 19.2 Å². The summed E-state index contributed by atoms with van der Waals surface area (Å²) in [5.74, 6) is 0.819. The van der Waals surface area contributed by atoms with Crippen molar-refractivity contribution in [1.29, 1.82) is 0 Å². The van der Waals surface area contributed by atoms with Crippen molar-refractivity contribution in [2.24, 2.45) is 4.99 Å². The number of nitrogens with zero attached hydrogens (tertiary/aromatic N) is 2. The van der Waals surface area contributed by atoms with Gasteiger partial charge in [0.25, 0.3) is 5.56 Å². The summed E-state index contributed by atoms with van der Waals surface area (Å²) in [6.45, 7) is 2.31. The summed E-state index contributed by atoms with van der Waals surface area (Å²) in [4.78, 5) is 33.6. The van der Waals surface area contributed by atoms with Gasteiger partial charge in [-0.15, -0.1) is 0 Å². The molecule has 1 aromatic heterocycles. The molecule has 0 bridgehead atoms. The Kier molecular flexibility index (Phi) is 10.6. The minimum Gasteiger partial charge on any atom is -0.497 e. The zero-order valence-corrected chi connectivity index (χ0v) is 31.9. The molecule has 0 radical (unpaired) electrons. The first kappa shape index (κ1) is 33.6. The molecule has 7 nitrogen and oxygen atoms in total. The number of ether oxygens (including phenoxy) is 3. The first-order valence-electron chi connectivity index (χ1n) is 14.6. The molecule has 0 fully saturated rings. The molecule has 1 aliphatic rings. The molecule has 0 amide bonds. The van der Waals surface area contributed by atoms with E-state index in [1.807, 2.05) is 97.1 Å². The van der Waals surface area contributed by atoms with Gasteiger partial charge in [-0.1, -0.05) is 81.9 Å². The van der Waals surface area contributed by atoms with E-state index in [1.165, 1.54) is 11.3 Å². The molecule has 4 aromatic carbocycles. The topological polar surface area (TPSA) is 79.1 Å². The number of fused-ring (bicyclic) bond motifs is 1. The minimum absolute atomic E-state index is 0.179. The van der Waals surface area contributed by atoms with Gasteiger partial charge in [0.15, 0.2) is 4.80 Å². The minimum atomic E-state index is -0.780. The number of hydrogen-bond acceptors (Lipinski definition) is 7. The maximum Gasteiger partial charge on any atom is 0.338 e. The van der Waals surface area contributed by atoms with Crippen LogP contribution in [0, 0.1) is 7.14 Å². The van der Waals surface area contributed by atoms with Gasteiger partial charge >= 0.3 is 5.97 Å². The van der Waals surface area contributed by atoms with E-state index in [0.717, 1.165) is 33.9 Å². The Morgan fingerprint density at radius 1 is 1.02 bits per heavy atom. The number of carbonyl (C=O) groups excluding carboxylic acids is 1. The number of hydrogen-bond donors (Lipinski definition) is 0. The Balaban J connectivity index is 1.55. The molecule has 47 heavy (non-hydrogen) atoms. The number of halogens is 3. The largest absolute Gasteiger partial charge is 0.497 e. The van der Waals surface area contributed by atoms with E-state index in [9.17, 15) is 9.59 Å². The van der Waals surface area contributed by atoms with Gasteiger partial charge in [-0.2, -0.15) is 0 Å². The Morgan fingerprint density at radius 3 is 2.43 bits per heavy atom. The van der Waals surface area contributed by atoms with E-state index in [0.29, 0.717) is 38.7 Å². The van der Waals surface area contributed by atoms with E-state index in [4.69, 9.17) is 19.2 Å². The van der Waals surface area contributed by atoms with Gasteiger partial charge in [-0.3, -0.25) is 9.36 Å². The third-order valence-electron chi connectivity index (χ3n) is 7.43. The first-order chi connectivity index (χ1) is 22.8. The van der Waals surface area contributed by atoms with Crippen molar-refractivity contribution in [3.63, 3.8) is 0 Å². The fraction of sp³-hybridized carbons (Fsp3) is 0.139. The fourth-order valence-corrected chi connectivity index (χ4v) is 8.56. The lowest BCUT2D eigenvalue weighted by atomic mass is 9.93. The van der Waals surface area contributed by atoms with Gasteiger partial charge in [0.2, 0.25) is 0 Å². The van der Waals surface area contributed by atoms with Crippen molar-refractivity contribution in [1.82, 2.24) is 4.57 Å². The van der Waals surface area contributed by atoms with Crippen LogP contribution in [0.3, 0.4) is 0 Å². The third-order valence-corrected chi connectivity index (χ3v) is 10.4. The van der Waals surface area contributed by atoms with Crippen molar-refractivity contribution in [3.05, 3.63) is 150 Å². The number of methoxy groups -OCH3 is 1. The van der Waals surface area contributed by atoms with Crippen molar-refractivity contribution >= 4 is 90.2 Å². The summed E-state index contributed by atoms with van der Waals surface area (Å²) in [7, 11) is 1.60. The number of benzene rings is 4. The lowest BCUT2D eigenvalue weighted by Gasteiger charge is -2.26. The molecule has 2 heterocycles. The number of thiazole rings is 1. The number of rotatable bonds is 9. The fourth-order valence-electron chi connectivity index (χ4n) is 5.26. The van der Waals surface area contributed by atoms with Crippen LogP contribution in [0.25, 0.3) is 11.8 Å². The average Bonchev–Trinajstić information content (AvgIpc) is 3.38. The van der Waals surface area contributed by atoms with Crippen molar-refractivity contribution in [3.8, 4) is 11.5 Å². The Morgan fingerprint density at radius 2 is 1.74 bits per heavy atom. The van der Waals surface area contributed by atoms with Crippen LogP contribution < -0.4 is 24.4 Å². The highest BCUT2D eigenvalue weighted by Crippen LogP contribution is 2.36. The Bertz CT molecular complexity index is 2160. The van der Waals surface area contributed by atoms with Crippen LogP contribution in [-0.4, -0.2) is 24.3 Å². The summed E-state index contributed by atoms with van der Waals surface area (Å²) >= 11 is 9.30. The van der Waals surface area contributed by atoms with E-state index in [-0.39, 0.29) is 12.2 Å². The Hall–Kier alpha value is -3.27. The van der Waals surface area contributed by atoms with E-state index in [1.54, 1.807) is 18.6 Å². The quantitative estimate of drug-likeness (QED) is 0.113. The highest BCUT2D eigenvalue weighted by Gasteiger charge is 2.35. The number of aromatic nitrogens is 1. The molecule has 0 aliphatic carbocycles.